The van der Waals surface area contributed by atoms with E-state index in [0.29, 0.717) is 19.1 Å². The number of para-hydroxylation sites is 1. The Morgan fingerprint density at radius 1 is 1.21 bits per heavy atom. The molecule has 0 aliphatic heterocycles. The predicted molar refractivity (Wildman–Crippen MR) is 91.5 cm³/mol. The van der Waals surface area contributed by atoms with Gasteiger partial charge in [0, 0.05) is 17.7 Å². The van der Waals surface area contributed by atoms with Gasteiger partial charge in [-0.3, -0.25) is 14.9 Å². The first-order chi connectivity index (χ1) is 11.5. The van der Waals surface area contributed by atoms with Gasteiger partial charge in [0.2, 0.25) is 0 Å². The highest BCUT2D eigenvalue weighted by molar-refractivity contribution is 5.94. The number of hydrogen-bond acceptors (Lipinski definition) is 4. The van der Waals surface area contributed by atoms with Gasteiger partial charge in [0.05, 0.1) is 11.5 Å². The molecule has 1 amide bonds. The van der Waals surface area contributed by atoms with E-state index in [-0.39, 0.29) is 17.2 Å². The number of benzene rings is 2. The zero-order chi connectivity index (χ0) is 17.5. The van der Waals surface area contributed by atoms with Crippen molar-refractivity contribution in [1.29, 1.82) is 0 Å². The molecule has 24 heavy (non-hydrogen) atoms. The van der Waals surface area contributed by atoms with Crippen molar-refractivity contribution in [3.8, 4) is 5.75 Å². The Balaban J connectivity index is 1.88. The minimum atomic E-state index is -0.525. The van der Waals surface area contributed by atoms with Crippen molar-refractivity contribution >= 4 is 11.6 Å². The number of rotatable bonds is 7. The third kappa shape index (κ3) is 4.55. The van der Waals surface area contributed by atoms with E-state index in [2.05, 4.69) is 19.2 Å². The first kappa shape index (κ1) is 17.5. The van der Waals surface area contributed by atoms with E-state index in [1.807, 2.05) is 24.3 Å². The van der Waals surface area contributed by atoms with Gasteiger partial charge < -0.3 is 10.1 Å². The van der Waals surface area contributed by atoms with Gasteiger partial charge >= 0.3 is 0 Å². The van der Waals surface area contributed by atoms with Gasteiger partial charge in [0.1, 0.15) is 12.4 Å². The molecule has 0 fully saturated rings. The molecule has 0 spiro atoms. The quantitative estimate of drug-likeness (QED) is 0.479. The number of carbonyl (C=O) groups is 1. The summed E-state index contributed by atoms with van der Waals surface area (Å²) in [5, 5.41) is 13.4. The van der Waals surface area contributed by atoms with Crippen LogP contribution in [0.1, 0.15) is 35.7 Å². The molecule has 0 aliphatic rings. The molecule has 0 heterocycles. The lowest BCUT2D eigenvalue weighted by molar-refractivity contribution is -0.384. The molecular weight excluding hydrogens is 308 g/mol. The first-order valence-corrected chi connectivity index (χ1v) is 7.73. The third-order valence-corrected chi connectivity index (χ3v) is 3.51. The largest absolute Gasteiger partial charge is 0.491 e. The molecule has 0 aliphatic carbocycles. The second-order valence-corrected chi connectivity index (χ2v) is 5.60. The standard InChI is InChI=1S/C18H20N2O4/c1-13(2)16-8-3-4-9-17(16)24-11-10-19-18(21)14-6-5-7-15(12-14)20(22)23/h3-9,12-13H,10-11H2,1-2H3,(H,19,21). The summed E-state index contributed by atoms with van der Waals surface area (Å²) >= 11 is 0. The number of ether oxygens (including phenoxy) is 1. The van der Waals surface area contributed by atoms with E-state index >= 15 is 0 Å². The van der Waals surface area contributed by atoms with Gasteiger partial charge in [-0.2, -0.15) is 0 Å². The lowest BCUT2D eigenvalue weighted by Gasteiger charge is -2.14. The molecule has 2 aromatic carbocycles. The lowest BCUT2D eigenvalue weighted by Crippen LogP contribution is -2.28. The Kier molecular flexibility index (Phi) is 5.89. The van der Waals surface area contributed by atoms with E-state index in [1.165, 1.54) is 24.3 Å². The fourth-order valence-corrected chi connectivity index (χ4v) is 2.28. The van der Waals surface area contributed by atoms with E-state index in [1.54, 1.807) is 0 Å². The minimum absolute atomic E-state index is 0.107. The van der Waals surface area contributed by atoms with Crippen LogP contribution in [-0.2, 0) is 0 Å². The van der Waals surface area contributed by atoms with Crippen LogP contribution < -0.4 is 10.1 Å². The van der Waals surface area contributed by atoms with Crippen LogP contribution in [0.25, 0.3) is 0 Å². The summed E-state index contributed by atoms with van der Waals surface area (Å²) in [7, 11) is 0. The summed E-state index contributed by atoms with van der Waals surface area (Å²) in [6, 6.07) is 13.4. The number of nitro groups is 1. The Bertz CT molecular complexity index is 728. The van der Waals surface area contributed by atoms with E-state index in [4.69, 9.17) is 4.74 Å². The van der Waals surface area contributed by atoms with Crippen molar-refractivity contribution in [3.63, 3.8) is 0 Å². The molecule has 2 rings (SSSR count). The van der Waals surface area contributed by atoms with Crippen molar-refractivity contribution < 1.29 is 14.5 Å². The molecular formula is C18H20N2O4. The molecule has 0 saturated carbocycles. The number of nitro benzene ring substituents is 1. The highest BCUT2D eigenvalue weighted by Gasteiger charge is 2.11. The fourth-order valence-electron chi connectivity index (χ4n) is 2.28. The van der Waals surface area contributed by atoms with Gasteiger partial charge in [-0.1, -0.05) is 38.1 Å². The topological polar surface area (TPSA) is 81.5 Å². The van der Waals surface area contributed by atoms with Gasteiger partial charge in [-0.25, -0.2) is 0 Å². The van der Waals surface area contributed by atoms with Gasteiger partial charge in [0.25, 0.3) is 11.6 Å². The van der Waals surface area contributed by atoms with Crippen LogP contribution in [0.15, 0.2) is 48.5 Å². The molecule has 6 heteroatoms. The van der Waals surface area contributed by atoms with Crippen molar-refractivity contribution in [2.24, 2.45) is 0 Å². The molecule has 126 valence electrons. The zero-order valence-corrected chi connectivity index (χ0v) is 13.7. The molecule has 0 radical (unpaired) electrons. The molecule has 0 saturated heterocycles. The van der Waals surface area contributed by atoms with Crippen LogP contribution in [-0.4, -0.2) is 24.0 Å². The van der Waals surface area contributed by atoms with Crippen molar-refractivity contribution in [3.05, 3.63) is 69.8 Å². The first-order valence-electron chi connectivity index (χ1n) is 7.73. The third-order valence-electron chi connectivity index (χ3n) is 3.51. The highest BCUT2D eigenvalue weighted by atomic mass is 16.6. The summed E-state index contributed by atoms with van der Waals surface area (Å²) in [4.78, 5) is 22.2. The Morgan fingerprint density at radius 3 is 2.67 bits per heavy atom. The van der Waals surface area contributed by atoms with Gasteiger partial charge in [-0.05, 0) is 23.6 Å². The molecule has 1 N–H and O–H groups in total. The maximum Gasteiger partial charge on any atom is 0.270 e. The summed E-state index contributed by atoms with van der Waals surface area (Å²) < 4.78 is 5.72. The Labute approximate surface area is 140 Å². The zero-order valence-electron chi connectivity index (χ0n) is 13.7. The maximum absolute atomic E-state index is 12.0. The fraction of sp³-hybridized carbons (Fsp3) is 0.278. The second-order valence-electron chi connectivity index (χ2n) is 5.60. The smallest absolute Gasteiger partial charge is 0.270 e. The van der Waals surface area contributed by atoms with Crippen molar-refractivity contribution in [1.82, 2.24) is 5.32 Å². The SMILES string of the molecule is CC(C)c1ccccc1OCCNC(=O)c1cccc([N+](=O)[O-])c1. The average Bonchev–Trinajstić information content (AvgIpc) is 2.58. The molecule has 0 bridgehead atoms. The normalized spacial score (nSPS) is 10.5. The van der Waals surface area contributed by atoms with E-state index < -0.39 is 4.92 Å². The molecule has 6 nitrogen and oxygen atoms in total. The molecule has 2 aromatic rings. The molecule has 0 atom stereocenters. The lowest BCUT2D eigenvalue weighted by atomic mass is 10.0. The van der Waals surface area contributed by atoms with Crippen LogP contribution >= 0.6 is 0 Å². The van der Waals surface area contributed by atoms with Crippen LogP contribution in [0.5, 0.6) is 5.75 Å². The second kappa shape index (κ2) is 8.10. The number of nitrogens with zero attached hydrogens (tertiary/aromatic N) is 1. The number of hydrogen-bond donors (Lipinski definition) is 1. The van der Waals surface area contributed by atoms with Crippen LogP contribution in [0, 0.1) is 10.1 Å². The number of nitrogens with one attached hydrogen (secondary N) is 1. The Hall–Kier alpha value is -2.89. The predicted octanol–water partition coefficient (Wildman–Crippen LogP) is 3.53. The van der Waals surface area contributed by atoms with Crippen molar-refractivity contribution in [2.45, 2.75) is 19.8 Å². The molecule has 0 aromatic heterocycles. The Morgan fingerprint density at radius 2 is 1.96 bits per heavy atom. The average molecular weight is 328 g/mol. The van der Waals surface area contributed by atoms with Crippen LogP contribution in [0.4, 0.5) is 5.69 Å². The number of carbonyl (C=O) groups excluding carboxylic acids is 1. The summed E-state index contributed by atoms with van der Waals surface area (Å²) in [5.41, 5.74) is 1.26. The maximum atomic E-state index is 12.0. The molecule has 0 unspecified atom stereocenters. The highest BCUT2D eigenvalue weighted by Crippen LogP contribution is 2.25. The number of non-ortho nitro benzene ring substituents is 1. The monoisotopic (exact) mass is 328 g/mol. The van der Waals surface area contributed by atoms with Crippen molar-refractivity contribution in [2.75, 3.05) is 13.2 Å². The van der Waals surface area contributed by atoms with Gasteiger partial charge in [-0.15, -0.1) is 0 Å². The summed E-state index contributed by atoms with van der Waals surface area (Å²) in [6.45, 7) is 4.82. The van der Waals surface area contributed by atoms with E-state index in [9.17, 15) is 14.9 Å². The van der Waals surface area contributed by atoms with E-state index in [0.717, 1.165) is 11.3 Å². The summed E-state index contributed by atoms with van der Waals surface area (Å²) in [5.74, 6) is 0.789. The van der Waals surface area contributed by atoms with Crippen LogP contribution in [0.3, 0.4) is 0 Å². The summed E-state index contributed by atoms with van der Waals surface area (Å²) in [6.07, 6.45) is 0. The number of amides is 1. The van der Waals surface area contributed by atoms with Gasteiger partial charge in [0.15, 0.2) is 0 Å². The minimum Gasteiger partial charge on any atom is -0.491 e. The van der Waals surface area contributed by atoms with Crippen LogP contribution in [0.2, 0.25) is 0 Å².